The molecule has 3 fully saturated rings. The molecule has 6 rings (SSSR count). The van der Waals surface area contributed by atoms with Crippen molar-refractivity contribution in [2.24, 2.45) is 17.6 Å². The molecule has 3 aliphatic carbocycles. The number of nitrogens with one attached hydrogen (secondary N) is 1. The fraction of sp³-hybridized carbons (Fsp3) is 0.581. The van der Waals surface area contributed by atoms with Crippen LogP contribution in [0.3, 0.4) is 0 Å². The third-order valence-corrected chi connectivity index (χ3v) is 9.56. The molecule has 1 aliphatic heterocycles. The molecule has 0 bridgehead atoms. The minimum absolute atomic E-state index is 0.0256. The molecular formula is C31H39N5O4. The number of rotatable bonds is 11. The summed E-state index contributed by atoms with van der Waals surface area (Å²) in [5.41, 5.74) is 9.62. The maximum atomic E-state index is 13.1. The zero-order valence-corrected chi connectivity index (χ0v) is 23.2. The Hall–Kier alpha value is -3.49. The Morgan fingerprint density at radius 2 is 1.88 bits per heavy atom. The minimum Gasteiger partial charge on any atom is -0.385 e. The lowest BCUT2D eigenvalue weighted by Gasteiger charge is -2.36. The van der Waals surface area contributed by atoms with E-state index in [0.29, 0.717) is 30.1 Å². The van der Waals surface area contributed by atoms with Gasteiger partial charge in [0.15, 0.2) is 0 Å². The Morgan fingerprint density at radius 3 is 2.58 bits per heavy atom. The van der Waals surface area contributed by atoms with Crippen molar-refractivity contribution >= 4 is 29.7 Å². The van der Waals surface area contributed by atoms with Gasteiger partial charge in [0.1, 0.15) is 12.3 Å². The number of aldehydes is 1. The summed E-state index contributed by atoms with van der Waals surface area (Å²) < 4.78 is 2.26. The fourth-order valence-corrected chi connectivity index (χ4v) is 6.97. The van der Waals surface area contributed by atoms with Gasteiger partial charge in [-0.15, -0.1) is 0 Å². The summed E-state index contributed by atoms with van der Waals surface area (Å²) in [5.74, 6) is 0.670. The summed E-state index contributed by atoms with van der Waals surface area (Å²) in [6, 6.07) is 4.39. The summed E-state index contributed by atoms with van der Waals surface area (Å²) in [4.78, 5) is 49.6. The zero-order valence-electron chi connectivity index (χ0n) is 23.2. The Balaban J connectivity index is 1.07. The zero-order chi connectivity index (χ0) is 28.0. The molecule has 3 saturated carbocycles. The van der Waals surface area contributed by atoms with E-state index in [4.69, 9.17) is 10.8 Å². The molecule has 3 N–H and O–H groups in total. The van der Waals surface area contributed by atoms with E-state index >= 15 is 0 Å². The molecule has 3 atom stereocenters. The third-order valence-electron chi connectivity index (χ3n) is 9.56. The van der Waals surface area contributed by atoms with Gasteiger partial charge >= 0.3 is 0 Å². The Bertz CT molecular complexity index is 1320. The average Bonchev–Trinajstić information content (AvgIpc) is 3.63. The number of benzene rings is 1. The van der Waals surface area contributed by atoms with Gasteiger partial charge in [0.2, 0.25) is 5.91 Å². The molecule has 4 aliphatic rings. The number of amides is 3. The van der Waals surface area contributed by atoms with Crippen molar-refractivity contribution in [3.05, 3.63) is 46.8 Å². The number of nitrogens with zero attached hydrogens (tertiary/aromatic N) is 3. The Kier molecular flexibility index (Phi) is 7.23. The lowest BCUT2D eigenvalue weighted by atomic mass is 9.76. The molecule has 2 heterocycles. The van der Waals surface area contributed by atoms with Crippen molar-refractivity contribution in [2.45, 2.75) is 95.1 Å². The van der Waals surface area contributed by atoms with Crippen LogP contribution in [0.1, 0.15) is 121 Å². The number of primary amides is 1. The molecule has 1 aromatic heterocycles. The molecular weight excluding hydrogens is 506 g/mol. The highest BCUT2D eigenvalue weighted by Crippen LogP contribution is 2.48. The van der Waals surface area contributed by atoms with Crippen LogP contribution in [-0.4, -0.2) is 51.3 Å². The van der Waals surface area contributed by atoms with Gasteiger partial charge in [-0.2, -0.15) is 5.10 Å². The molecule has 9 nitrogen and oxygen atoms in total. The highest BCUT2D eigenvalue weighted by molar-refractivity contribution is 6.23. The van der Waals surface area contributed by atoms with Crippen LogP contribution in [-0.2, 0) is 9.59 Å². The first-order chi connectivity index (χ1) is 19.4. The summed E-state index contributed by atoms with van der Waals surface area (Å²) in [7, 11) is 0. The standard InChI is InChI=1S/C31H39N5O4/c1-18-5-2-3-6-23(18)26-17-35(34-28(26)20-8-9-20)22-13-19(14-22)16-33-21-10-11-24-25(15-21)31(40)36(30(24)39)27(29(32)38)7-4-12-37/h10-12,15,17-20,22-23,27,33H,2-9,13-14,16H2,1H3,(H2,32,38)/t18?,19-,22-,23?,27?. The molecule has 0 radical (unpaired) electrons. The molecule has 40 heavy (non-hydrogen) atoms. The molecule has 1 aromatic carbocycles. The summed E-state index contributed by atoms with van der Waals surface area (Å²) in [5, 5.41) is 8.57. The van der Waals surface area contributed by atoms with Gasteiger partial charge in [-0.05, 0) is 80.0 Å². The van der Waals surface area contributed by atoms with Crippen molar-refractivity contribution in [3.8, 4) is 0 Å². The summed E-state index contributed by atoms with van der Waals surface area (Å²) in [6.07, 6.45) is 13.0. The van der Waals surface area contributed by atoms with Crippen molar-refractivity contribution in [2.75, 3.05) is 11.9 Å². The number of nitrogens with two attached hydrogens (primary N) is 1. The molecule has 3 unspecified atom stereocenters. The molecule has 9 heteroatoms. The molecule has 212 valence electrons. The van der Waals surface area contributed by atoms with Crippen LogP contribution in [0.25, 0.3) is 0 Å². The van der Waals surface area contributed by atoms with E-state index < -0.39 is 23.8 Å². The van der Waals surface area contributed by atoms with Crippen LogP contribution < -0.4 is 11.1 Å². The van der Waals surface area contributed by atoms with Gasteiger partial charge < -0.3 is 15.8 Å². The maximum Gasteiger partial charge on any atom is 0.262 e. The number of hydrogen-bond acceptors (Lipinski definition) is 6. The highest BCUT2D eigenvalue weighted by Gasteiger charge is 2.42. The van der Waals surface area contributed by atoms with Crippen LogP contribution in [0.4, 0.5) is 5.69 Å². The van der Waals surface area contributed by atoms with Crippen molar-refractivity contribution < 1.29 is 19.2 Å². The molecule has 0 saturated heterocycles. The van der Waals surface area contributed by atoms with Crippen molar-refractivity contribution in [1.82, 2.24) is 14.7 Å². The first kappa shape index (κ1) is 26.7. The van der Waals surface area contributed by atoms with E-state index in [-0.39, 0.29) is 24.0 Å². The van der Waals surface area contributed by atoms with E-state index in [0.717, 1.165) is 35.9 Å². The maximum absolute atomic E-state index is 13.1. The van der Waals surface area contributed by atoms with Crippen molar-refractivity contribution in [1.29, 1.82) is 0 Å². The lowest BCUT2D eigenvalue weighted by Crippen LogP contribution is -2.47. The van der Waals surface area contributed by atoms with Crippen LogP contribution in [0, 0.1) is 11.8 Å². The second-order valence-electron chi connectivity index (χ2n) is 12.4. The smallest absolute Gasteiger partial charge is 0.262 e. The molecule has 2 aromatic rings. The van der Waals surface area contributed by atoms with Gasteiger partial charge in [-0.25, -0.2) is 0 Å². The largest absolute Gasteiger partial charge is 0.385 e. The van der Waals surface area contributed by atoms with E-state index in [1.165, 1.54) is 49.8 Å². The number of imide groups is 1. The van der Waals surface area contributed by atoms with Gasteiger partial charge in [-0.1, -0.05) is 26.2 Å². The predicted molar refractivity (Wildman–Crippen MR) is 150 cm³/mol. The van der Waals surface area contributed by atoms with Crippen LogP contribution in [0.5, 0.6) is 0 Å². The van der Waals surface area contributed by atoms with E-state index in [9.17, 15) is 19.2 Å². The summed E-state index contributed by atoms with van der Waals surface area (Å²) >= 11 is 0. The number of anilines is 1. The van der Waals surface area contributed by atoms with E-state index in [1.54, 1.807) is 18.2 Å². The second-order valence-corrected chi connectivity index (χ2v) is 12.4. The number of fused-ring (bicyclic) bond motifs is 1. The average molecular weight is 546 g/mol. The van der Waals surface area contributed by atoms with Crippen LogP contribution in [0.2, 0.25) is 0 Å². The van der Waals surface area contributed by atoms with Gasteiger partial charge in [0, 0.05) is 30.8 Å². The minimum atomic E-state index is -1.13. The topological polar surface area (TPSA) is 127 Å². The van der Waals surface area contributed by atoms with Gasteiger partial charge in [-0.3, -0.25) is 24.0 Å². The third kappa shape index (κ3) is 4.95. The fourth-order valence-electron chi connectivity index (χ4n) is 6.97. The first-order valence-corrected chi connectivity index (χ1v) is 14.9. The second kappa shape index (κ2) is 10.8. The van der Waals surface area contributed by atoms with Crippen molar-refractivity contribution in [3.63, 3.8) is 0 Å². The SMILES string of the molecule is CC1CCCCC1c1cn([C@H]2C[C@H](CNc3ccc4c(c3)C(=O)N(C(CCC=O)C(N)=O)C4=O)C2)nc1C1CC1. The number of carbonyl (C=O) groups is 4. The normalized spacial score (nSPS) is 26.8. The van der Waals surface area contributed by atoms with Crippen LogP contribution >= 0.6 is 0 Å². The quantitative estimate of drug-likeness (QED) is 0.315. The molecule has 3 amide bonds. The lowest BCUT2D eigenvalue weighted by molar-refractivity contribution is -0.122. The summed E-state index contributed by atoms with van der Waals surface area (Å²) in [6.45, 7) is 3.18. The highest BCUT2D eigenvalue weighted by atomic mass is 16.2. The number of hydrogen-bond donors (Lipinski definition) is 2. The molecule has 0 spiro atoms. The number of carbonyl (C=O) groups excluding carboxylic acids is 4. The predicted octanol–water partition coefficient (Wildman–Crippen LogP) is 4.55. The first-order valence-electron chi connectivity index (χ1n) is 14.9. The number of aromatic nitrogens is 2. The Morgan fingerprint density at radius 1 is 1.12 bits per heavy atom. The van der Waals surface area contributed by atoms with E-state index in [1.807, 2.05) is 0 Å². The van der Waals surface area contributed by atoms with Crippen LogP contribution in [0.15, 0.2) is 24.4 Å². The Labute approximate surface area is 234 Å². The van der Waals surface area contributed by atoms with Gasteiger partial charge in [0.05, 0.1) is 22.9 Å². The monoisotopic (exact) mass is 545 g/mol. The van der Waals surface area contributed by atoms with Gasteiger partial charge in [0.25, 0.3) is 11.8 Å². The van der Waals surface area contributed by atoms with E-state index in [2.05, 4.69) is 23.1 Å².